The molecule has 1 rings (SSSR count). The number of ketones is 1. The summed E-state index contributed by atoms with van der Waals surface area (Å²) in [6.07, 6.45) is 5.91. The summed E-state index contributed by atoms with van der Waals surface area (Å²) in [4.78, 5) is 34.8. The molecule has 0 radical (unpaired) electrons. The minimum Gasteiger partial charge on any atom is -0.670 e. The standard InChI is InChI=1S/C22H34N3O3.C2H6.3Rb/c1-18(2)20(26)14-8-4-10-16-23-22(28)24-17-11-5-9-15-21(27)25-19-12-6-3-7-13-19;1-2;;;/h3,6-7,12-13,18H,4-5,8-11,14-17H2,1-2H3,(H2-,23,24,25,27,28);1-2H3;;;/q-1;;3*+1/p-2. The van der Waals surface area contributed by atoms with E-state index in [2.05, 4.69) is 16.0 Å². The van der Waals surface area contributed by atoms with Gasteiger partial charge in [0, 0.05) is 12.3 Å². The van der Waals surface area contributed by atoms with Gasteiger partial charge in [-0.3, -0.25) is 4.79 Å². The van der Waals surface area contributed by atoms with Crippen LogP contribution in [0.1, 0.15) is 79.1 Å². The first kappa shape index (κ1) is 43.1. The molecule has 0 aliphatic rings. The molecule has 6 nitrogen and oxygen atoms in total. The van der Waals surface area contributed by atoms with Crippen LogP contribution in [0.5, 0.6) is 0 Å². The number of rotatable bonds is 14. The average Bonchev–Trinajstić information content (AvgIpc) is 2.75. The van der Waals surface area contributed by atoms with Crippen LogP contribution in [0.25, 0.3) is 16.0 Å². The summed E-state index contributed by atoms with van der Waals surface area (Å²) in [7, 11) is 0. The van der Waals surface area contributed by atoms with Crippen LogP contribution in [0.4, 0.5) is 10.5 Å². The van der Waals surface area contributed by atoms with E-state index in [1.54, 1.807) is 12.1 Å². The van der Waals surface area contributed by atoms with Gasteiger partial charge >= 0.3 is 175 Å². The van der Waals surface area contributed by atoms with E-state index in [4.69, 9.17) is 0 Å². The van der Waals surface area contributed by atoms with Crippen molar-refractivity contribution in [2.45, 2.75) is 79.1 Å². The van der Waals surface area contributed by atoms with Gasteiger partial charge in [0.15, 0.2) is 0 Å². The van der Waals surface area contributed by atoms with Crippen molar-refractivity contribution in [2.24, 2.45) is 5.92 Å². The second kappa shape index (κ2) is 31.3. The molecule has 33 heavy (non-hydrogen) atoms. The van der Waals surface area contributed by atoms with Crippen molar-refractivity contribution >= 4 is 23.4 Å². The molecule has 3 amide bonds. The third-order valence-corrected chi connectivity index (χ3v) is 4.28. The second-order valence-electron chi connectivity index (χ2n) is 7.13. The molecule has 0 aliphatic carbocycles. The third kappa shape index (κ3) is 27.9. The number of amides is 3. The van der Waals surface area contributed by atoms with E-state index < -0.39 is 6.03 Å². The quantitative estimate of drug-likeness (QED) is 0.225. The number of Topliss-reactive ketones (excluding diaryl/α,β-unsaturated/α-hetero) is 1. The number of nitrogens with zero attached hydrogens (tertiary/aromatic N) is 3. The number of hydrogen-bond donors (Lipinski definition) is 0. The van der Waals surface area contributed by atoms with Gasteiger partial charge in [-0.25, -0.2) is 0 Å². The number of benzene rings is 1. The van der Waals surface area contributed by atoms with Gasteiger partial charge in [0.2, 0.25) is 0 Å². The summed E-state index contributed by atoms with van der Waals surface area (Å²) in [5.74, 6) is 0.268. The molecule has 0 spiro atoms. The molecule has 0 bridgehead atoms. The monoisotopic (exact) mass is 671 g/mol. The van der Waals surface area contributed by atoms with Gasteiger partial charge in [-0.05, 0) is 25.3 Å². The van der Waals surface area contributed by atoms with Gasteiger partial charge in [-0.15, -0.1) is 18.8 Å². The fraction of sp³-hybridized carbons (Fsp3) is 0.625. The Morgan fingerprint density at radius 3 is 1.70 bits per heavy atom. The second-order valence-corrected chi connectivity index (χ2v) is 7.13. The molecule has 0 N–H and O–H groups in total. The normalized spacial score (nSPS) is 9.12. The van der Waals surface area contributed by atoms with E-state index in [1.807, 2.05) is 45.9 Å². The Labute approximate surface area is 348 Å². The molecule has 0 atom stereocenters. The maximum Gasteiger partial charge on any atom is 1.00 e. The fourth-order valence-electron chi connectivity index (χ4n) is 2.54. The summed E-state index contributed by atoms with van der Waals surface area (Å²) in [5.41, 5.74) is 0.682. The molecular formula is C24H38N3O3Rb3. The predicted octanol–water partition coefficient (Wildman–Crippen LogP) is -1.53. The molecule has 0 saturated heterocycles. The maximum absolute atomic E-state index is 11.7. The Balaban J connectivity index is -0.000000817. The molecule has 9 heteroatoms. The van der Waals surface area contributed by atoms with Crippen LogP contribution in [-0.4, -0.2) is 30.8 Å². The van der Waals surface area contributed by atoms with E-state index >= 15 is 0 Å². The van der Waals surface area contributed by atoms with Gasteiger partial charge in [0.25, 0.3) is 0 Å². The molecule has 0 saturated carbocycles. The van der Waals surface area contributed by atoms with Crippen LogP contribution in [0.3, 0.4) is 0 Å². The zero-order valence-electron chi connectivity index (χ0n) is 22.1. The van der Waals surface area contributed by atoms with Crippen LogP contribution >= 0.6 is 0 Å². The van der Waals surface area contributed by atoms with Crippen LogP contribution in [0, 0.1) is 5.92 Å². The summed E-state index contributed by atoms with van der Waals surface area (Å²) in [6, 6.07) is 8.78. The topological polar surface area (TPSA) is 93.5 Å². The van der Waals surface area contributed by atoms with E-state index in [-0.39, 0.29) is 186 Å². The van der Waals surface area contributed by atoms with Gasteiger partial charge < -0.3 is 25.5 Å². The van der Waals surface area contributed by atoms with Crippen LogP contribution in [0.15, 0.2) is 30.3 Å². The number of unbranched alkanes of at least 4 members (excludes halogenated alkanes) is 4. The van der Waals surface area contributed by atoms with E-state index in [0.29, 0.717) is 37.4 Å². The minimum absolute atomic E-state index is 0. The van der Waals surface area contributed by atoms with Crippen LogP contribution < -0.4 is 175 Å². The van der Waals surface area contributed by atoms with Crippen molar-refractivity contribution in [3.8, 4) is 0 Å². The largest absolute Gasteiger partial charge is 1.00 e. The Kier molecular flexibility index (Phi) is 40.8. The molecule has 0 aromatic heterocycles. The van der Waals surface area contributed by atoms with Crippen LogP contribution in [0.2, 0.25) is 0 Å². The van der Waals surface area contributed by atoms with Crippen molar-refractivity contribution in [1.82, 2.24) is 0 Å². The Bertz CT molecular complexity index is 603. The summed E-state index contributed by atoms with van der Waals surface area (Å²) in [6.45, 7) is 8.73. The molecular weight excluding hydrogens is 635 g/mol. The molecule has 1 aromatic carbocycles. The first-order chi connectivity index (χ1) is 14.5. The fourth-order valence-corrected chi connectivity index (χ4v) is 2.54. The van der Waals surface area contributed by atoms with Gasteiger partial charge in [0.05, 0.1) is 5.91 Å². The maximum atomic E-state index is 11.7. The number of carbonyl (C=O) groups excluding carboxylic acids is 3. The van der Waals surface area contributed by atoms with E-state index in [1.165, 1.54) is 0 Å². The Morgan fingerprint density at radius 1 is 0.727 bits per heavy atom. The van der Waals surface area contributed by atoms with Crippen molar-refractivity contribution in [2.75, 3.05) is 13.1 Å². The average molecular weight is 673 g/mol. The van der Waals surface area contributed by atoms with Crippen molar-refractivity contribution < 1.29 is 189 Å². The first-order valence-electron chi connectivity index (χ1n) is 11.2. The molecule has 0 unspecified atom stereocenters. The minimum atomic E-state index is -0.409. The van der Waals surface area contributed by atoms with Crippen molar-refractivity contribution in [3.05, 3.63) is 46.3 Å². The summed E-state index contributed by atoms with van der Waals surface area (Å²) in [5, 5.41) is 11.8. The SMILES string of the molecule is CC.CC(C)C(=O)CCCCC[N-]C(=O)[N-]CCCCCC(=O)[N-]c1ccccc1.[Rb+].[Rb+].[Rb+]. The van der Waals surface area contributed by atoms with Gasteiger partial charge in [-0.1, -0.05) is 83.7 Å². The van der Waals surface area contributed by atoms with Crippen molar-refractivity contribution in [3.63, 3.8) is 0 Å². The molecule has 0 heterocycles. The zero-order valence-corrected chi connectivity index (χ0v) is 36.8. The molecule has 0 fully saturated rings. The smallest absolute Gasteiger partial charge is 0.670 e. The summed E-state index contributed by atoms with van der Waals surface area (Å²) >= 11 is 0. The molecule has 170 valence electrons. The molecule has 0 aliphatic heterocycles. The zero-order chi connectivity index (χ0) is 22.6. The predicted molar refractivity (Wildman–Crippen MR) is 124 cm³/mol. The van der Waals surface area contributed by atoms with E-state index in [0.717, 1.165) is 38.5 Å². The number of para-hydroxylation sites is 1. The number of urea groups is 1. The van der Waals surface area contributed by atoms with E-state index in [9.17, 15) is 14.4 Å². The Morgan fingerprint density at radius 2 is 1.21 bits per heavy atom. The summed E-state index contributed by atoms with van der Waals surface area (Å²) < 4.78 is 0. The first-order valence-corrected chi connectivity index (χ1v) is 11.2. The number of carbonyl (C=O) groups is 3. The van der Waals surface area contributed by atoms with Gasteiger partial charge in [-0.2, -0.15) is 0 Å². The van der Waals surface area contributed by atoms with Gasteiger partial charge in [0.1, 0.15) is 5.78 Å². The third-order valence-electron chi connectivity index (χ3n) is 4.28. The van der Waals surface area contributed by atoms with Crippen LogP contribution in [-0.2, 0) is 9.59 Å². The molecule has 1 aromatic rings. The Hall–Kier alpha value is 3.05. The number of hydrogen-bond acceptors (Lipinski definition) is 3. The van der Waals surface area contributed by atoms with Crippen molar-refractivity contribution in [1.29, 1.82) is 0 Å².